The third-order valence-electron chi connectivity index (χ3n) is 2.93. The van der Waals surface area contributed by atoms with E-state index in [-0.39, 0.29) is 41.5 Å². The van der Waals surface area contributed by atoms with Gasteiger partial charge in [0.15, 0.2) is 0 Å². The number of nitrogens with zero attached hydrogens (tertiary/aromatic N) is 2. The van der Waals surface area contributed by atoms with Gasteiger partial charge in [-0.05, 0) is 32.1 Å². The van der Waals surface area contributed by atoms with Crippen molar-refractivity contribution in [2.45, 2.75) is 44.7 Å². The minimum Gasteiger partial charge on any atom is -0.211 e. The highest BCUT2D eigenvalue weighted by molar-refractivity contribution is 14.0. The third kappa shape index (κ3) is 3.86. The summed E-state index contributed by atoms with van der Waals surface area (Å²) in [7, 11) is 0. The standard InChI is InChI=1S/C10H14N2O2.HI.H2/c1-8-5-10(2,12-7-14)4-3-9(8)11-6-13;;/h8-9H,3-5H2,1-2H3;2*1H/i;;1+2D. The monoisotopic (exact) mass is 327 g/mol. The average molecular weight is 327 g/mol. The van der Waals surface area contributed by atoms with Gasteiger partial charge in [0.05, 0.1) is 11.6 Å². The van der Waals surface area contributed by atoms with E-state index in [2.05, 4.69) is 9.98 Å². The number of aliphatic imine (C=N–C) groups is 2. The molecule has 0 aliphatic heterocycles. The van der Waals surface area contributed by atoms with Crippen LogP contribution in [0.5, 0.6) is 0 Å². The van der Waals surface area contributed by atoms with Crippen molar-refractivity contribution in [1.29, 1.82) is 0 Å². The summed E-state index contributed by atoms with van der Waals surface area (Å²) in [6.07, 6.45) is 5.55. The highest BCUT2D eigenvalue weighted by Gasteiger charge is 2.35. The summed E-state index contributed by atoms with van der Waals surface area (Å²) in [5.74, 6) is 0.271. The summed E-state index contributed by atoms with van der Waals surface area (Å²) in [4.78, 5) is 27.9. The van der Waals surface area contributed by atoms with Crippen molar-refractivity contribution in [3.63, 3.8) is 0 Å². The fourth-order valence-corrected chi connectivity index (χ4v) is 2.15. The maximum atomic E-state index is 10.2. The molecule has 1 aliphatic rings. The van der Waals surface area contributed by atoms with Gasteiger partial charge in [-0.2, -0.15) is 4.99 Å². The van der Waals surface area contributed by atoms with Crippen LogP contribution in [0.15, 0.2) is 9.98 Å². The molecule has 4 nitrogen and oxygen atoms in total. The quantitative estimate of drug-likeness (QED) is 0.444. The largest absolute Gasteiger partial charge is 0.235 e. The van der Waals surface area contributed by atoms with E-state index in [0.717, 1.165) is 19.3 Å². The molecule has 0 N–H and O–H groups in total. The molecule has 1 aliphatic carbocycles. The molecule has 0 heterocycles. The molecule has 0 bridgehead atoms. The molecule has 0 aromatic rings. The summed E-state index contributed by atoms with van der Waals surface area (Å²) in [5, 5.41) is 0. The zero-order valence-electron chi connectivity index (χ0n) is 10.9. The van der Waals surface area contributed by atoms with Crippen LogP contribution in [-0.4, -0.2) is 23.7 Å². The summed E-state index contributed by atoms with van der Waals surface area (Å²) in [6, 6.07) is 0.0439. The minimum absolute atomic E-state index is 0. The lowest BCUT2D eigenvalue weighted by molar-refractivity contribution is 0.229. The number of isocyanates is 2. The van der Waals surface area contributed by atoms with Crippen LogP contribution in [0.25, 0.3) is 0 Å². The van der Waals surface area contributed by atoms with E-state index in [9.17, 15) is 9.59 Å². The van der Waals surface area contributed by atoms with E-state index in [1.54, 1.807) is 12.2 Å². The van der Waals surface area contributed by atoms with Gasteiger partial charge >= 0.3 is 0 Å². The molecule has 1 fully saturated rings. The van der Waals surface area contributed by atoms with Crippen LogP contribution in [0.4, 0.5) is 0 Å². The Morgan fingerprint density at radius 2 is 2.20 bits per heavy atom. The predicted octanol–water partition coefficient (Wildman–Crippen LogP) is 2.47. The summed E-state index contributed by atoms with van der Waals surface area (Å²) >= 11 is 0. The molecule has 0 spiro atoms. The van der Waals surface area contributed by atoms with Crippen LogP contribution in [-0.2, 0) is 9.59 Å². The normalized spacial score (nSPS) is 34.8. The van der Waals surface area contributed by atoms with Crippen molar-refractivity contribution in [1.82, 2.24) is 0 Å². The van der Waals surface area contributed by atoms with Gasteiger partial charge in [0.1, 0.15) is 0 Å². The lowest BCUT2D eigenvalue weighted by Crippen LogP contribution is -2.36. The van der Waals surface area contributed by atoms with Crippen molar-refractivity contribution in [2.24, 2.45) is 15.9 Å². The first-order chi connectivity index (χ1) is 7.61. The molecular weight excluding hydrogens is 307 g/mol. The van der Waals surface area contributed by atoms with Gasteiger partial charge < -0.3 is 0 Å². The fourth-order valence-electron chi connectivity index (χ4n) is 2.15. The summed E-state index contributed by atoms with van der Waals surface area (Å²) < 4.78 is 10.0. The van der Waals surface area contributed by atoms with Gasteiger partial charge in [-0.25, -0.2) is 14.6 Å². The molecule has 1 rings (SSSR count). The molecule has 15 heavy (non-hydrogen) atoms. The number of hydrogen-bond acceptors (Lipinski definition) is 4. The Bertz CT molecular complexity index is 317. The van der Waals surface area contributed by atoms with Gasteiger partial charge in [-0.3, -0.25) is 0 Å². The first kappa shape index (κ1) is 12.6. The SMILES string of the molecule is CC1CC(C)(N=C=O)CCC1N=C=O.I.[2H][3H]. The lowest BCUT2D eigenvalue weighted by Gasteiger charge is -2.35. The van der Waals surface area contributed by atoms with Crippen molar-refractivity contribution < 1.29 is 12.6 Å². The van der Waals surface area contributed by atoms with Gasteiger partial charge in [-0.15, -0.1) is 24.0 Å². The zero-order valence-corrected chi connectivity index (χ0v) is 11.2. The molecule has 0 radical (unpaired) electrons. The fraction of sp³-hybridized carbons (Fsp3) is 0.800. The molecule has 0 aromatic heterocycles. The number of rotatable bonds is 2. The van der Waals surface area contributed by atoms with Crippen molar-refractivity contribution in [3.05, 3.63) is 0 Å². The number of carbonyl (C=O) groups excluding carboxylic acids is 2. The van der Waals surface area contributed by atoms with Crippen LogP contribution in [0, 0.1) is 5.92 Å². The van der Waals surface area contributed by atoms with Crippen LogP contribution < -0.4 is 0 Å². The maximum Gasteiger partial charge on any atom is 0.235 e. The van der Waals surface area contributed by atoms with E-state index < -0.39 is 0 Å². The summed E-state index contributed by atoms with van der Waals surface area (Å²) in [6.45, 7) is 3.96. The highest BCUT2D eigenvalue weighted by atomic mass is 127. The van der Waals surface area contributed by atoms with Crippen molar-refractivity contribution in [2.75, 3.05) is 0 Å². The van der Waals surface area contributed by atoms with E-state index >= 15 is 0 Å². The van der Waals surface area contributed by atoms with E-state index in [0.29, 0.717) is 0 Å². The van der Waals surface area contributed by atoms with Crippen LogP contribution in [0.1, 0.15) is 36.1 Å². The number of hydrogen-bond donors (Lipinski definition) is 0. The Morgan fingerprint density at radius 3 is 2.67 bits per heavy atom. The van der Waals surface area contributed by atoms with Crippen LogP contribution in [0.2, 0.25) is 0 Å². The average Bonchev–Trinajstić information content (AvgIpc) is 2.26. The third-order valence-corrected chi connectivity index (χ3v) is 2.93. The Balaban J connectivity index is 0. The topological polar surface area (TPSA) is 58.9 Å². The maximum absolute atomic E-state index is 10.2. The second kappa shape index (κ2) is 6.16. The predicted molar refractivity (Wildman–Crippen MR) is 69.0 cm³/mol. The van der Waals surface area contributed by atoms with Gasteiger partial charge in [0.25, 0.3) is 0 Å². The van der Waals surface area contributed by atoms with E-state index in [1.165, 1.54) is 0 Å². The zero-order chi connectivity index (χ0) is 12.6. The van der Waals surface area contributed by atoms with Gasteiger partial charge in [0, 0.05) is 2.97 Å². The Labute approximate surface area is 109 Å². The molecule has 0 saturated heterocycles. The summed E-state index contributed by atoms with van der Waals surface area (Å²) in [5.41, 5.74) is -0.309. The molecular formula is C10H17IN2O2. The Hall–Kier alpha value is -0.510. The second-order valence-corrected chi connectivity index (χ2v) is 4.21. The number of halogens is 1. The molecule has 1 saturated carbocycles. The molecule has 0 aromatic carbocycles. The molecule has 3 unspecified atom stereocenters. The smallest absolute Gasteiger partial charge is 0.211 e. The lowest BCUT2D eigenvalue weighted by atomic mass is 9.75. The molecule has 86 valence electrons. The van der Waals surface area contributed by atoms with E-state index in [4.69, 9.17) is 2.97 Å². The second-order valence-electron chi connectivity index (χ2n) is 4.21. The van der Waals surface area contributed by atoms with Crippen molar-refractivity contribution in [3.8, 4) is 0 Å². The highest BCUT2D eigenvalue weighted by Crippen LogP contribution is 2.36. The van der Waals surface area contributed by atoms with Crippen LogP contribution >= 0.6 is 24.0 Å². The van der Waals surface area contributed by atoms with Crippen LogP contribution in [0.3, 0.4) is 0 Å². The molecule has 3 atom stereocenters. The Morgan fingerprint density at radius 1 is 1.53 bits per heavy atom. The van der Waals surface area contributed by atoms with Crippen molar-refractivity contribution >= 4 is 36.1 Å². The van der Waals surface area contributed by atoms with Gasteiger partial charge in [-0.1, -0.05) is 6.92 Å². The first-order valence-corrected chi connectivity index (χ1v) is 4.77. The first-order valence-electron chi connectivity index (χ1n) is 5.77. The van der Waals surface area contributed by atoms with Gasteiger partial charge in [0.2, 0.25) is 12.2 Å². The Kier molecular flexibility index (Phi) is 5.15. The molecule has 0 amide bonds. The van der Waals surface area contributed by atoms with E-state index in [1.807, 2.05) is 13.8 Å². The minimum atomic E-state index is -0.309. The molecule has 5 heteroatoms.